The molecule has 100 valence electrons. The van der Waals surface area contributed by atoms with Crippen LogP contribution >= 0.6 is 23.2 Å². The fraction of sp³-hybridized carbons (Fsp3) is 0.286. The molecule has 0 saturated carbocycles. The predicted molar refractivity (Wildman–Crippen MR) is 79.0 cm³/mol. The van der Waals surface area contributed by atoms with Crippen LogP contribution in [0.5, 0.6) is 0 Å². The second kappa shape index (κ2) is 5.76. The Morgan fingerprint density at radius 1 is 1.21 bits per heavy atom. The summed E-state index contributed by atoms with van der Waals surface area (Å²) in [5.74, 6) is 0.684. The summed E-state index contributed by atoms with van der Waals surface area (Å²) in [6.45, 7) is 3.78. The lowest BCUT2D eigenvalue weighted by molar-refractivity contribution is 0.823. The molecule has 0 saturated heterocycles. The molecule has 0 amide bonds. The third-order valence-electron chi connectivity index (χ3n) is 2.82. The van der Waals surface area contributed by atoms with Crippen LogP contribution < -0.4 is 5.56 Å². The highest BCUT2D eigenvalue weighted by molar-refractivity contribution is 6.35. The van der Waals surface area contributed by atoms with Gasteiger partial charge < -0.3 is 4.98 Å². The van der Waals surface area contributed by atoms with Gasteiger partial charge in [0, 0.05) is 27.6 Å². The number of nitrogens with zero attached hydrogens (tertiary/aromatic N) is 1. The van der Waals surface area contributed by atoms with E-state index >= 15 is 0 Å². The normalized spacial score (nSPS) is 10.7. The number of H-pyrrole nitrogens is 1. The summed E-state index contributed by atoms with van der Waals surface area (Å²) >= 11 is 12.0. The minimum atomic E-state index is -0.121. The lowest BCUT2D eigenvalue weighted by Crippen LogP contribution is -2.16. The van der Waals surface area contributed by atoms with Gasteiger partial charge in [0.1, 0.15) is 5.82 Å². The Kier molecular flexibility index (Phi) is 4.27. The van der Waals surface area contributed by atoms with Crippen molar-refractivity contribution in [3.05, 3.63) is 50.0 Å². The van der Waals surface area contributed by atoms with Crippen LogP contribution in [0.25, 0.3) is 11.3 Å². The van der Waals surface area contributed by atoms with Crippen molar-refractivity contribution >= 4 is 23.2 Å². The molecule has 3 nitrogen and oxygen atoms in total. The summed E-state index contributed by atoms with van der Waals surface area (Å²) < 4.78 is 0. The summed E-state index contributed by atoms with van der Waals surface area (Å²) in [6.07, 6.45) is 1.65. The zero-order valence-corrected chi connectivity index (χ0v) is 12.3. The standard InChI is InChI=1S/C14H14Cl2N2O/c1-3-4-12-17-13(8(2)14(19)18-12)9-5-10(15)7-11(16)6-9/h5-7H,3-4H2,1-2H3,(H,17,18,19). The number of hydrogen-bond donors (Lipinski definition) is 1. The molecule has 5 heteroatoms. The number of aryl methyl sites for hydroxylation is 1. The number of aromatic nitrogens is 2. The minimum Gasteiger partial charge on any atom is -0.310 e. The van der Waals surface area contributed by atoms with Gasteiger partial charge >= 0.3 is 0 Å². The third kappa shape index (κ3) is 3.17. The van der Waals surface area contributed by atoms with Crippen LogP contribution in [0.4, 0.5) is 0 Å². The molecule has 1 N–H and O–H groups in total. The number of aromatic amines is 1. The van der Waals surface area contributed by atoms with E-state index in [1.807, 2.05) is 6.92 Å². The summed E-state index contributed by atoms with van der Waals surface area (Å²) in [5, 5.41) is 1.06. The van der Waals surface area contributed by atoms with Crippen molar-refractivity contribution in [1.29, 1.82) is 0 Å². The summed E-state index contributed by atoms with van der Waals surface area (Å²) in [7, 11) is 0. The fourth-order valence-corrected chi connectivity index (χ4v) is 2.43. The van der Waals surface area contributed by atoms with Crippen LogP contribution in [-0.2, 0) is 6.42 Å². The number of nitrogens with one attached hydrogen (secondary N) is 1. The van der Waals surface area contributed by atoms with Crippen LogP contribution in [0.15, 0.2) is 23.0 Å². The van der Waals surface area contributed by atoms with E-state index in [1.54, 1.807) is 25.1 Å². The van der Waals surface area contributed by atoms with E-state index in [0.29, 0.717) is 27.1 Å². The first-order valence-electron chi connectivity index (χ1n) is 6.07. The molecule has 0 aliphatic rings. The van der Waals surface area contributed by atoms with Gasteiger partial charge in [-0.25, -0.2) is 4.98 Å². The van der Waals surface area contributed by atoms with Crippen molar-refractivity contribution < 1.29 is 0 Å². The molecular weight excluding hydrogens is 283 g/mol. The average molecular weight is 297 g/mol. The molecule has 0 unspecified atom stereocenters. The van der Waals surface area contributed by atoms with E-state index in [4.69, 9.17) is 23.2 Å². The average Bonchev–Trinajstić information content (AvgIpc) is 2.32. The van der Waals surface area contributed by atoms with Crippen LogP contribution in [0, 0.1) is 6.92 Å². The molecule has 0 bridgehead atoms. The molecule has 2 rings (SSSR count). The highest BCUT2D eigenvalue weighted by Gasteiger charge is 2.11. The lowest BCUT2D eigenvalue weighted by atomic mass is 10.1. The molecule has 1 aromatic heterocycles. The number of benzene rings is 1. The topological polar surface area (TPSA) is 45.8 Å². The van der Waals surface area contributed by atoms with Crippen LogP contribution in [-0.4, -0.2) is 9.97 Å². The Labute approximate surface area is 121 Å². The molecule has 0 aliphatic heterocycles. The van der Waals surface area contributed by atoms with Gasteiger partial charge in [-0.1, -0.05) is 30.1 Å². The van der Waals surface area contributed by atoms with Gasteiger partial charge in [-0.2, -0.15) is 0 Å². The molecule has 1 heterocycles. The number of halogens is 2. The molecule has 19 heavy (non-hydrogen) atoms. The summed E-state index contributed by atoms with van der Waals surface area (Å²) in [4.78, 5) is 19.2. The Balaban J connectivity index is 2.63. The molecule has 2 aromatic rings. The van der Waals surface area contributed by atoms with Crippen molar-refractivity contribution in [3.8, 4) is 11.3 Å². The largest absolute Gasteiger partial charge is 0.310 e. The van der Waals surface area contributed by atoms with Crippen LogP contribution in [0.1, 0.15) is 24.7 Å². The van der Waals surface area contributed by atoms with Crippen molar-refractivity contribution in [2.45, 2.75) is 26.7 Å². The van der Waals surface area contributed by atoms with E-state index in [2.05, 4.69) is 9.97 Å². The quantitative estimate of drug-likeness (QED) is 0.930. The molecule has 0 radical (unpaired) electrons. The number of rotatable bonds is 3. The highest BCUT2D eigenvalue weighted by Crippen LogP contribution is 2.27. The van der Waals surface area contributed by atoms with Gasteiger partial charge in [0.2, 0.25) is 0 Å². The molecule has 0 spiro atoms. The van der Waals surface area contributed by atoms with Crippen molar-refractivity contribution in [2.24, 2.45) is 0 Å². The molecule has 0 atom stereocenters. The van der Waals surface area contributed by atoms with Crippen molar-refractivity contribution in [2.75, 3.05) is 0 Å². The SMILES string of the molecule is CCCc1nc(-c2cc(Cl)cc(Cl)c2)c(C)c(=O)[nH]1. The first kappa shape index (κ1) is 14.1. The van der Waals surface area contributed by atoms with Gasteiger partial charge in [0.15, 0.2) is 0 Å². The zero-order valence-electron chi connectivity index (χ0n) is 10.8. The van der Waals surface area contributed by atoms with E-state index in [1.165, 1.54) is 0 Å². The maximum Gasteiger partial charge on any atom is 0.254 e. The minimum absolute atomic E-state index is 0.121. The Bertz CT molecular complexity index is 645. The molecule has 0 fully saturated rings. The van der Waals surface area contributed by atoms with E-state index in [-0.39, 0.29) is 5.56 Å². The fourth-order valence-electron chi connectivity index (χ4n) is 1.91. The first-order valence-corrected chi connectivity index (χ1v) is 6.83. The number of hydrogen-bond acceptors (Lipinski definition) is 2. The van der Waals surface area contributed by atoms with Crippen LogP contribution in [0.2, 0.25) is 10.0 Å². The predicted octanol–water partition coefficient (Wildman–Crippen LogP) is 4.00. The Morgan fingerprint density at radius 2 is 1.84 bits per heavy atom. The van der Waals surface area contributed by atoms with E-state index in [9.17, 15) is 4.79 Å². The maximum absolute atomic E-state index is 11.9. The summed E-state index contributed by atoms with van der Waals surface area (Å²) in [5.41, 5.74) is 1.85. The molecule has 0 aliphatic carbocycles. The second-order valence-corrected chi connectivity index (χ2v) is 5.27. The lowest BCUT2D eigenvalue weighted by Gasteiger charge is -2.08. The second-order valence-electron chi connectivity index (χ2n) is 4.39. The molecular formula is C14H14Cl2N2O. The summed E-state index contributed by atoms with van der Waals surface area (Å²) in [6, 6.07) is 5.18. The van der Waals surface area contributed by atoms with E-state index in [0.717, 1.165) is 18.4 Å². The van der Waals surface area contributed by atoms with Gasteiger partial charge in [-0.3, -0.25) is 4.79 Å². The van der Waals surface area contributed by atoms with Crippen molar-refractivity contribution in [3.63, 3.8) is 0 Å². The molecule has 1 aromatic carbocycles. The third-order valence-corrected chi connectivity index (χ3v) is 3.26. The smallest absolute Gasteiger partial charge is 0.254 e. The van der Waals surface area contributed by atoms with E-state index < -0.39 is 0 Å². The van der Waals surface area contributed by atoms with Gasteiger partial charge in [0.25, 0.3) is 5.56 Å². The van der Waals surface area contributed by atoms with Gasteiger partial charge in [0.05, 0.1) is 5.69 Å². The highest BCUT2D eigenvalue weighted by atomic mass is 35.5. The van der Waals surface area contributed by atoms with Crippen LogP contribution in [0.3, 0.4) is 0 Å². The maximum atomic E-state index is 11.9. The Morgan fingerprint density at radius 3 is 2.42 bits per heavy atom. The monoisotopic (exact) mass is 296 g/mol. The first-order chi connectivity index (χ1) is 9.01. The zero-order chi connectivity index (χ0) is 14.0. The Hall–Kier alpha value is -1.32. The van der Waals surface area contributed by atoms with Gasteiger partial charge in [-0.05, 0) is 31.5 Å². The van der Waals surface area contributed by atoms with Gasteiger partial charge in [-0.15, -0.1) is 0 Å². The van der Waals surface area contributed by atoms with Crippen molar-refractivity contribution in [1.82, 2.24) is 9.97 Å².